The van der Waals surface area contributed by atoms with Crippen molar-refractivity contribution in [2.24, 2.45) is 11.8 Å². The summed E-state index contributed by atoms with van der Waals surface area (Å²) in [5.41, 5.74) is 1.22. The van der Waals surface area contributed by atoms with E-state index in [1.165, 1.54) is 31.2 Å². The zero-order valence-corrected chi connectivity index (χ0v) is 19.2. The Morgan fingerprint density at radius 1 is 1.10 bits per heavy atom. The van der Waals surface area contributed by atoms with Crippen LogP contribution in [0.5, 0.6) is 0 Å². The molecule has 5 nitrogen and oxygen atoms in total. The maximum Gasteiger partial charge on any atom is 0.213 e. The van der Waals surface area contributed by atoms with Crippen molar-refractivity contribution in [1.29, 1.82) is 0 Å². The van der Waals surface area contributed by atoms with E-state index in [0.29, 0.717) is 25.9 Å². The molecule has 1 unspecified atom stereocenters. The molecule has 0 bridgehead atoms. The summed E-state index contributed by atoms with van der Waals surface area (Å²) in [7, 11) is -3.17. The first-order valence-electron chi connectivity index (χ1n) is 11.7. The predicted molar refractivity (Wildman–Crippen MR) is 120 cm³/mol. The number of carbonyl (C=O) groups excluding carboxylic acids is 1. The minimum atomic E-state index is -3.17. The van der Waals surface area contributed by atoms with Gasteiger partial charge in [-0.25, -0.2) is 8.42 Å². The normalized spacial score (nSPS) is 27.5. The zero-order valence-electron chi connectivity index (χ0n) is 18.4. The lowest BCUT2D eigenvalue weighted by Crippen LogP contribution is -2.72. The van der Waals surface area contributed by atoms with Gasteiger partial charge in [0.1, 0.15) is 5.78 Å². The standard InChI is InChI=1S/C24H36N2O3S/c1-3-22(27)16-24(17-26(18-24)30(28,29)4-2)25-12-10-19(11-13-25)14-21-15-23(21)20-8-6-5-7-9-20/h5-9,19,21,23H,3-4,10-18H2,1-2H3/t21-,23?/m1/s1. The van der Waals surface area contributed by atoms with Crippen LogP contribution in [0.4, 0.5) is 0 Å². The summed E-state index contributed by atoms with van der Waals surface area (Å²) in [6, 6.07) is 10.9. The zero-order chi connectivity index (χ0) is 21.4. The molecule has 6 heteroatoms. The Balaban J connectivity index is 1.32. The molecule has 1 saturated carbocycles. The van der Waals surface area contributed by atoms with Crippen molar-refractivity contribution in [2.75, 3.05) is 31.9 Å². The molecular formula is C24H36N2O3S. The third-order valence-electron chi connectivity index (χ3n) is 7.69. The number of benzene rings is 1. The highest BCUT2D eigenvalue weighted by Gasteiger charge is 2.52. The average Bonchev–Trinajstić information content (AvgIpc) is 3.50. The molecule has 3 aliphatic rings. The first-order valence-corrected chi connectivity index (χ1v) is 13.3. The van der Waals surface area contributed by atoms with Crippen LogP contribution >= 0.6 is 0 Å². The minimum Gasteiger partial charge on any atom is -0.300 e. The molecule has 3 fully saturated rings. The van der Waals surface area contributed by atoms with E-state index >= 15 is 0 Å². The van der Waals surface area contributed by atoms with Gasteiger partial charge in [-0.1, -0.05) is 37.3 Å². The van der Waals surface area contributed by atoms with Crippen molar-refractivity contribution < 1.29 is 13.2 Å². The van der Waals surface area contributed by atoms with Gasteiger partial charge in [-0.3, -0.25) is 9.69 Å². The van der Waals surface area contributed by atoms with E-state index in [9.17, 15) is 13.2 Å². The maximum atomic E-state index is 12.3. The second-order valence-corrected chi connectivity index (χ2v) is 11.9. The molecule has 166 valence electrons. The topological polar surface area (TPSA) is 57.7 Å². The average molecular weight is 433 g/mol. The summed E-state index contributed by atoms with van der Waals surface area (Å²) in [5.74, 6) is 2.71. The highest BCUT2D eigenvalue weighted by molar-refractivity contribution is 7.89. The molecule has 0 radical (unpaired) electrons. The number of nitrogens with zero attached hydrogens (tertiary/aromatic N) is 2. The Hall–Kier alpha value is -1.24. The number of hydrogen-bond acceptors (Lipinski definition) is 4. The molecule has 4 rings (SSSR count). The van der Waals surface area contributed by atoms with Crippen LogP contribution in [0.25, 0.3) is 0 Å². The SMILES string of the molecule is CCC(=O)CC1(N2CCC(C[C@@H]3CC3c3ccccc3)CC2)CN(S(=O)(=O)CC)C1. The van der Waals surface area contributed by atoms with Gasteiger partial charge >= 0.3 is 0 Å². The molecule has 0 amide bonds. The molecule has 2 heterocycles. The molecular weight excluding hydrogens is 396 g/mol. The molecule has 1 aromatic carbocycles. The number of likely N-dealkylation sites (tertiary alicyclic amines) is 1. The number of hydrogen-bond donors (Lipinski definition) is 0. The van der Waals surface area contributed by atoms with Crippen molar-refractivity contribution in [1.82, 2.24) is 9.21 Å². The number of piperidine rings is 1. The fraction of sp³-hybridized carbons (Fsp3) is 0.708. The van der Waals surface area contributed by atoms with E-state index in [0.717, 1.165) is 30.8 Å². The Labute approximate surface area is 181 Å². The Morgan fingerprint density at radius 2 is 1.77 bits per heavy atom. The highest BCUT2D eigenvalue weighted by atomic mass is 32.2. The van der Waals surface area contributed by atoms with E-state index in [2.05, 4.69) is 35.2 Å². The lowest BCUT2D eigenvalue weighted by molar-refractivity contribution is -0.126. The Bertz CT molecular complexity index is 840. The summed E-state index contributed by atoms with van der Waals surface area (Å²) in [4.78, 5) is 14.7. The van der Waals surface area contributed by atoms with Crippen LogP contribution in [-0.4, -0.2) is 60.9 Å². The predicted octanol–water partition coefficient (Wildman–Crippen LogP) is 3.67. The number of rotatable bonds is 9. The summed E-state index contributed by atoms with van der Waals surface area (Å²) in [6.07, 6.45) is 5.98. The van der Waals surface area contributed by atoms with E-state index in [1.807, 2.05) is 6.92 Å². The number of Topliss-reactive ketones (excluding diaryl/α,β-unsaturated/α-hetero) is 1. The van der Waals surface area contributed by atoms with Crippen LogP contribution in [-0.2, 0) is 14.8 Å². The fourth-order valence-electron chi connectivity index (χ4n) is 5.59. The largest absolute Gasteiger partial charge is 0.300 e. The fourth-order valence-corrected chi connectivity index (χ4v) is 6.83. The van der Waals surface area contributed by atoms with Gasteiger partial charge in [-0.2, -0.15) is 4.31 Å². The monoisotopic (exact) mass is 432 g/mol. The number of ketones is 1. The molecule has 0 spiro atoms. The first kappa shape index (κ1) is 22.0. The van der Waals surface area contributed by atoms with E-state index in [1.54, 1.807) is 11.2 Å². The quantitative estimate of drug-likeness (QED) is 0.597. The maximum absolute atomic E-state index is 12.3. The van der Waals surface area contributed by atoms with Crippen LogP contribution in [0.3, 0.4) is 0 Å². The van der Waals surface area contributed by atoms with E-state index in [-0.39, 0.29) is 17.1 Å². The molecule has 0 N–H and O–H groups in total. The van der Waals surface area contributed by atoms with Crippen LogP contribution in [0.15, 0.2) is 30.3 Å². The van der Waals surface area contributed by atoms with Gasteiger partial charge in [-0.05, 0) is 69.0 Å². The smallest absolute Gasteiger partial charge is 0.213 e. The van der Waals surface area contributed by atoms with Gasteiger partial charge in [0, 0.05) is 25.9 Å². The van der Waals surface area contributed by atoms with Crippen molar-refractivity contribution in [3.63, 3.8) is 0 Å². The highest BCUT2D eigenvalue weighted by Crippen LogP contribution is 2.52. The Morgan fingerprint density at radius 3 is 2.37 bits per heavy atom. The molecule has 0 aromatic heterocycles. The van der Waals surface area contributed by atoms with Crippen molar-refractivity contribution >= 4 is 15.8 Å². The Kier molecular flexibility index (Phi) is 6.38. The van der Waals surface area contributed by atoms with Crippen LogP contribution in [0.2, 0.25) is 0 Å². The van der Waals surface area contributed by atoms with E-state index < -0.39 is 10.0 Å². The van der Waals surface area contributed by atoms with Gasteiger partial charge in [0.15, 0.2) is 0 Å². The third kappa shape index (κ3) is 4.51. The van der Waals surface area contributed by atoms with Gasteiger partial charge in [0.25, 0.3) is 0 Å². The first-order chi connectivity index (χ1) is 14.4. The van der Waals surface area contributed by atoms with Crippen molar-refractivity contribution in [2.45, 2.75) is 63.8 Å². The summed E-state index contributed by atoms with van der Waals surface area (Å²) < 4.78 is 26.1. The summed E-state index contributed by atoms with van der Waals surface area (Å²) in [6.45, 7) is 6.55. The van der Waals surface area contributed by atoms with Gasteiger partial charge in [-0.15, -0.1) is 0 Å². The lowest BCUT2D eigenvalue weighted by Gasteiger charge is -2.56. The van der Waals surface area contributed by atoms with Crippen molar-refractivity contribution in [3.05, 3.63) is 35.9 Å². The van der Waals surface area contributed by atoms with Crippen LogP contribution in [0, 0.1) is 11.8 Å². The van der Waals surface area contributed by atoms with Gasteiger partial charge in [0.2, 0.25) is 10.0 Å². The number of sulfonamides is 1. The number of carbonyl (C=O) groups is 1. The minimum absolute atomic E-state index is 0.136. The molecule has 1 aromatic rings. The molecule has 2 atom stereocenters. The van der Waals surface area contributed by atoms with Gasteiger partial charge in [0.05, 0.1) is 11.3 Å². The van der Waals surface area contributed by atoms with Crippen molar-refractivity contribution in [3.8, 4) is 0 Å². The third-order valence-corrected chi connectivity index (χ3v) is 9.47. The summed E-state index contributed by atoms with van der Waals surface area (Å²) >= 11 is 0. The molecule has 30 heavy (non-hydrogen) atoms. The second-order valence-electron chi connectivity index (χ2n) is 9.64. The summed E-state index contributed by atoms with van der Waals surface area (Å²) in [5, 5.41) is 0. The van der Waals surface area contributed by atoms with Crippen LogP contribution < -0.4 is 0 Å². The van der Waals surface area contributed by atoms with Gasteiger partial charge < -0.3 is 0 Å². The molecule has 2 saturated heterocycles. The van der Waals surface area contributed by atoms with E-state index in [4.69, 9.17) is 0 Å². The van der Waals surface area contributed by atoms with Crippen LogP contribution in [0.1, 0.15) is 63.9 Å². The second kappa shape index (κ2) is 8.71. The molecule has 2 aliphatic heterocycles. The lowest BCUT2D eigenvalue weighted by atomic mass is 9.80. The molecule has 1 aliphatic carbocycles.